The van der Waals surface area contributed by atoms with E-state index in [0.717, 1.165) is 11.1 Å². The molecular weight excluding hydrogens is 309 g/mol. The van der Waals surface area contributed by atoms with Crippen LogP contribution in [0.25, 0.3) is 0 Å². The van der Waals surface area contributed by atoms with Gasteiger partial charge in [0.2, 0.25) is 5.91 Å². The molecule has 3 rings (SSSR count). The zero-order valence-electron chi connectivity index (χ0n) is 13.6. The topological polar surface area (TPSA) is 47.6 Å². The molecule has 24 heavy (non-hydrogen) atoms. The van der Waals surface area contributed by atoms with Crippen molar-refractivity contribution in [3.05, 3.63) is 64.5 Å². The molecule has 0 atom stereocenters. The van der Waals surface area contributed by atoms with Crippen molar-refractivity contribution < 1.29 is 18.7 Å². The molecule has 1 N–H and O–H groups in total. The van der Waals surface area contributed by atoms with E-state index in [1.54, 1.807) is 0 Å². The largest absolute Gasteiger partial charge is 0.467 e. The molecule has 0 fully saturated rings. The highest BCUT2D eigenvalue weighted by Gasteiger charge is 2.16. The first-order valence-corrected chi connectivity index (χ1v) is 7.96. The van der Waals surface area contributed by atoms with Crippen LogP contribution in [0.5, 0.6) is 5.75 Å². The Bertz CT molecular complexity index is 728. The summed E-state index contributed by atoms with van der Waals surface area (Å²) in [6, 6.07) is 10.8. The average Bonchev–Trinajstić information content (AvgIpc) is 2.57. The lowest BCUT2D eigenvalue weighted by Gasteiger charge is -2.21. The molecule has 2 aromatic rings. The molecule has 0 aliphatic carbocycles. The molecule has 0 unspecified atom stereocenters. The number of hydrogen-bond acceptors (Lipinski definition) is 3. The Labute approximate surface area is 140 Å². The molecule has 0 spiro atoms. The van der Waals surface area contributed by atoms with Crippen molar-refractivity contribution in [2.24, 2.45) is 0 Å². The summed E-state index contributed by atoms with van der Waals surface area (Å²) in [6.45, 7) is 2.97. The summed E-state index contributed by atoms with van der Waals surface area (Å²) in [5, 5.41) is 2.87. The number of carbonyl (C=O) groups is 1. The zero-order valence-corrected chi connectivity index (χ0v) is 13.6. The zero-order chi connectivity index (χ0) is 16.9. The van der Waals surface area contributed by atoms with Crippen LogP contribution in [0.15, 0.2) is 36.4 Å². The molecule has 0 aromatic heterocycles. The molecule has 0 radical (unpaired) electrons. The number of carbonyl (C=O) groups excluding carboxylic acids is 1. The summed E-state index contributed by atoms with van der Waals surface area (Å²) in [7, 11) is 0. The molecule has 0 saturated heterocycles. The van der Waals surface area contributed by atoms with Crippen molar-refractivity contribution in [3.8, 4) is 5.75 Å². The van der Waals surface area contributed by atoms with Gasteiger partial charge in [-0.15, -0.1) is 0 Å². The second-order valence-corrected chi connectivity index (χ2v) is 5.93. The van der Waals surface area contributed by atoms with E-state index in [4.69, 9.17) is 9.47 Å². The van der Waals surface area contributed by atoms with E-state index in [9.17, 15) is 9.18 Å². The Morgan fingerprint density at radius 2 is 2.04 bits per heavy atom. The average molecular weight is 329 g/mol. The van der Waals surface area contributed by atoms with Gasteiger partial charge in [-0.1, -0.05) is 29.8 Å². The van der Waals surface area contributed by atoms with Gasteiger partial charge < -0.3 is 14.8 Å². The van der Waals surface area contributed by atoms with Gasteiger partial charge in [-0.3, -0.25) is 4.79 Å². The normalized spacial score (nSPS) is 13.1. The maximum Gasteiger partial charge on any atom is 0.224 e. The van der Waals surface area contributed by atoms with Crippen LogP contribution in [0, 0.1) is 12.7 Å². The fraction of sp³-hybridized carbons (Fsp3) is 0.316. The third-order valence-corrected chi connectivity index (χ3v) is 3.95. The quantitative estimate of drug-likeness (QED) is 0.917. The van der Waals surface area contributed by atoms with E-state index in [2.05, 4.69) is 5.32 Å². The second-order valence-electron chi connectivity index (χ2n) is 5.93. The van der Waals surface area contributed by atoms with Crippen LogP contribution in [0.3, 0.4) is 0 Å². The minimum absolute atomic E-state index is 0.0478. The van der Waals surface area contributed by atoms with Gasteiger partial charge in [-0.05, 0) is 36.6 Å². The van der Waals surface area contributed by atoms with Gasteiger partial charge in [-0.25, -0.2) is 4.39 Å². The van der Waals surface area contributed by atoms with Crippen LogP contribution in [0.2, 0.25) is 0 Å². The summed E-state index contributed by atoms with van der Waals surface area (Å²) < 4.78 is 24.3. The highest BCUT2D eigenvalue weighted by Crippen LogP contribution is 2.29. The first kappa shape index (κ1) is 16.5. The molecule has 2 aromatic carbocycles. The van der Waals surface area contributed by atoms with Gasteiger partial charge in [0.25, 0.3) is 0 Å². The summed E-state index contributed by atoms with van der Waals surface area (Å²) >= 11 is 0. The van der Waals surface area contributed by atoms with E-state index < -0.39 is 0 Å². The standard InChI is InChI=1S/C19H20FNO3/c1-13-2-4-14(5-3-13)8-18(22)21-7-6-15-9-17(20)10-16-11-23-12-24-19(15)16/h2-5,9-10H,6-8,11-12H2,1H3,(H,21,22). The van der Waals surface area contributed by atoms with E-state index in [1.165, 1.54) is 17.7 Å². The summed E-state index contributed by atoms with van der Waals surface area (Å²) in [5.41, 5.74) is 3.60. The first-order chi connectivity index (χ1) is 11.6. The van der Waals surface area contributed by atoms with E-state index in [1.807, 2.05) is 31.2 Å². The fourth-order valence-electron chi connectivity index (χ4n) is 2.73. The van der Waals surface area contributed by atoms with E-state index >= 15 is 0 Å². The number of aryl methyl sites for hydroxylation is 1. The number of benzene rings is 2. The number of rotatable bonds is 5. The first-order valence-electron chi connectivity index (χ1n) is 7.96. The Kier molecular flexibility index (Phi) is 5.11. The van der Waals surface area contributed by atoms with Crippen LogP contribution in [-0.4, -0.2) is 19.2 Å². The maximum absolute atomic E-state index is 13.7. The third-order valence-electron chi connectivity index (χ3n) is 3.95. The Morgan fingerprint density at radius 3 is 2.83 bits per heavy atom. The molecule has 0 bridgehead atoms. The fourth-order valence-corrected chi connectivity index (χ4v) is 2.73. The summed E-state index contributed by atoms with van der Waals surface area (Å²) in [5.74, 6) is 0.313. The van der Waals surface area contributed by atoms with Gasteiger partial charge in [0.05, 0.1) is 13.0 Å². The smallest absolute Gasteiger partial charge is 0.224 e. The van der Waals surface area contributed by atoms with Crippen molar-refractivity contribution in [2.75, 3.05) is 13.3 Å². The lowest BCUT2D eigenvalue weighted by atomic mass is 10.1. The van der Waals surface area contributed by atoms with E-state index in [0.29, 0.717) is 37.3 Å². The Hall–Kier alpha value is -2.40. The van der Waals surface area contributed by atoms with Gasteiger partial charge >= 0.3 is 0 Å². The molecular formula is C19H20FNO3. The second kappa shape index (κ2) is 7.45. The molecule has 1 amide bonds. The van der Waals surface area contributed by atoms with Gasteiger partial charge in [0.15, 0.2) is 6.79 Å². The predicted octanol–water partition coefficient (Wildman–Crippen LogP) is 2.90. The van der Waals surface area contributed by atoms with Crippen molar-refractivity contribution in [3.63, 3.8) is 0 Å². The maximum atomic E-state index is 13.7. The molecule has 0 saturated carbocycles. The molecule has 5 heteroatoms. The third kappa shape index (κ3) is 4.11. The van der Waals surface area contributed by atoms with Gasteiger partial charge in [0, 0.05) is 12.1 Å². The van der Waals surface area contributed by atoms with E-state index in [-0.39, 0.29) is 18.5 Å². The Morgan fingerprint density at radius 1 is 1.25 bits per heavy atom. The van der Waals surface area contributed by atoms with Crippen LogP contribution < -0.4 is 10.1 Å². The number of nitrogens with one attached hydrogen (secondary N) is 1. The van der Waals surface area contributed by atoms with Crippen molar-refractivity contribution in [1.82, 2.24) is 5.32 Å². The molecule has 4 nitrogen and oxygen atoms in total. The monoisotopic (exact) mass is 329 g/mol. The SMILES string of the molecule is Cc1ccc(CC(=O)NCCc2cc(F)cc3c2OCOC3)cc1. The van der Waals surface area contributed by atoms with Crippen molar-refractivity contribution in [2.45, 2.75) is 26.4 Å². The number of ether oxygens (including phenoxy) is 2. The number of halogens is 1. The van der Waals surface area contributed by atoms with Crippen LogP contribution in [-0.2, 0) is 29.0 Å². The summed E-state index contributed by atoms with van der Waals surface area (Å²) in [4.78, 5) is 12.0. The number of amides is 1. The van der Waals surface area contributed by atoms with Crippen LogP contribution in [0.1, 0.15) is 22.3 Å². The Balaban J connectivity index is 1.55. The lowest BCUT2D eigenvalue weighted by Crippen LogP contribution is -2.27. The highest BCUT2D eigenvalue weighted by atomic mass is 19.1. The minimum atomic E-state index is -0.316. The molecule has 126 valence electrons. The van der Waals surface area contributed by atoms with Crippen molar-refractivity contribution in [1.29, 1.82) is 0 Å². The minimum Gasteiger partial charge on any atom is -0.467 e. The van der Waals surface area contributed by atoms with Crippen LogP contribution in [0.4, 0.5) is 4.39 Å². The van der Waals surface area contributed by atoms with Gasteiger partial charge in [-0.2, -0.15) is 0 Å². The molecule has 1 heterocycles. The summed E-state index contributed by atoms with van der Waals surface area (Å²) in [6.07, 6.45) is 0.853. The molecule has 1 aliphatic heterocycles. The predicted molar refractivity (Wildman–Crippen MR) is 88.3 cm³/mol. The van der Waals surface area contributed by atoms with Gasteiger partial charge in [0.1, 0.15) is 11.6 Å². The number of hydrogen-bond donors (Lipinski definition) is 1. The van der Waals surface area contributed by atoms with Crippen LogP contribution >= 0.6 is 0 Å². The number of fused-ring (bicyclic) bond motifs is 1. The van der Waals surface area contributed by atoms with Crippen molar-refractivity contribution >= 4 is 5.91 Å². The lowest BCUT2D eigenvalue weighted by molar-refractivity contribution is -0.120. The molecule has 1 aliphatic rings. The highest BCUT2D eigenvalue weighted by molar-refractivity contribution is 5.78.